The monoisotopic (exact) mass is 275 g/mol. The van der Waals surface area contributed by atoms with Crippen LogP contribution in [0.3, 0.4) is 0 Å². The Balaban J connectivity index is 2.88. The van der Waals surface area contributed by atoms with Gasteiger partial charge in [-0.25, -0.2) is 0 Å². The zero-order valence-electron chi connectivity index (χ0n) is 9.88. The lowest BCUT2D eigenvalue weighted by Crippen LogP contribution is -2.55. The number of aliphatic imine (C=N–C) groups is 2. The van der Waals surface area contributed by atoms with Gasteiger partial charge in [0.1, 0.15) is 35.9 Å². The molecule has 4 atom stereocenters. The second-order valence-electron chi connectivity index (χ2n) is 4.10. The van der Waals surface area contributed by atoms with E-state index in [2.05, 4.69) is 9.98 Å². The number of aliphatic hydroxyl groups excluding tert-OH is 5. The van der Waals surface area contributed by atoms with E-state index in [0.29, 0.717) is 0 Å². The number of amidine groups is 2. The van der Waals surface area contributed by atoms with Crippen LogP contribution in [0.25, 0.3) is 0 Å². The van der Waals surface area contributed by atoms with Crippen molar-refractivity contribution in [3.63, 3.8) is 0 Å². The van der Waals surface area contributed by atoms with Gasteiger partial charge in [-0.15, -0.1) is 0 Å². The Labute approximate surface area is 108 Å². The standard InChI is InChI=1S/C9H17N5O5/c10-7-3(8(11)14-9(12)13-7)5(18)6(19)4(17)2(16)1-15/h2-6,15-19H,1H2,(H5,10,11,12,13,14). The van der Waals surface area contributed by atoms with Gasteiger partial charge in [-0.1, -0.05) is 0 Å². The van der Waals surface area contributed by atoms with Crippen LogP contribution < -0.4 is 11.5 Å². The summed E-state index contributed by atoms with van der Waals surface area (Å²) in [6.07, 6.45) is -6.97. The molecule has 0 bridgehead atoms. The van der Waals surface area contributed by atoms with Gasteiger partial charge in [0.15, 0.2) is 0 Å². The quantitative estimate of drug-likeness (QED) is 0.248. The Morgan fingerprint density at radius 2 is 1.53 bits per heavy atom. The average molecular weight is 275 g/mol. The van der Waals surface area contributed by atoms with Crippen molar-refractivity contribution in [2.75, 3.05) is 6.61 Å². The summed E-state index contributed by atoms with van der Waals surface area (Å²) >= 11 is 0. The maximum Gasteiger partial charge on any atom is 0.245 e. The Bertz CT molecular complexity index is 390. The Hall–Kier alpha value is -1.59. The van der Waals surface area contributed by atoms with Crippen molar-refractivity contribution >= 4 is 17.6 Å². The first-order valence-electron chi connectivity index (χ1n) is 5.39. The molecule has 1 rings (SSSR count). The third-order valence-corrected chi connectivity index (χ3v) is 2.73. The number of nitrogens with one attached hydrogen (secondary N) is 1. The molecule has 10 N–H and O–H groups in total. The van der Waals surface area contributed by atoms with E-state index >= 15 is 0 Å². The van der Waals surface area contributed by atoms with E-state index < -0.39 is 42.9 Å². The molecule has 0 spiro atoms. The zero-order valence-corrected chi connectivity index (χ0v) is 9.88. The normalized spacial score (nSPS) is 26.2. The van der Waals surface area contributed by atoms with Gasteiger partial charge in [-0.3, -0.25) is 5.41 Å². The molecule has 0 aromatic heterocycles. The highest BCUT2D eigenvalue weighted by molar-refractivity contribution is 6.15. The molecule has 10 nitrogen and oxygen atoms in total. The molecule has 0 aliphatic carbocycles. The zero-order chi connectivity index (χ0) is 14.7. The number of nitrogens with two attached hydrogens (primary N) is 2. The van der Waals surface area contributed by atoms with E-state index in [4.69, 9.17) is 22.0 Å². The fraction of sp³-hybridized carbons (Fsp3) is 0.667. The Kier molecular flexibility index (Phi) is 4.91. The van der Waals surface area contributed by atoms with Crippen LogP contribution in [0.15, 0.2) is 9.98 Å². The highest BCUT2D eigenvalue weighted by Gasteiger charge is 2.39. The highest BCUT2D eigenvalue weighted by atomic mass is 16.4. The van der Waals surface area contributed by atoms with Crippen molar-refractivity contribution in [1.82, 2.24) is 0 Å². The lowest BCUT2D eigenvalue weighted by Gasteiger charge is -2.31. The lowest BCUT2D eigenvalue weighted by molar-refractivity contribution is -0.117. The third kappa shape index (κ3) is 3.24. The molecule has 1 aliphatic heterocycles. The summed E-state index contributed by atoms with van der Waals surface area (Å²) in [7, 11) is 0. The SMILES string of the molecule is N=C1N=C(N)C(C(O)C(O)C(O)C(O)CO)C(N)=N1. The summed E-state index contributed by atoms with van der Waals surface area (Å²) in [6, 6.07) is 0. The third-order valence-electron chi connectivity index (χ3n) is 2.73. The van der Waals surface area contributed by atoms with Gasteiger partial charge in [0.05, 0.1) is 12.7 Å². The number of nitrogens with zero attached hydrogens (tertiary/aromatic N) is 2. The van der Waals surface area contributed by atoms with Crippen LogP contribution in [-0.2, 0) is 0 Å². The smallest absolute Gasteiger partial charge is 0.245 e. The minimum Gasteiger partial charge on any atom is -0.394 e. The number of guanidine groups is 1. The lowest BCUT2D eigenvalue weighted by atomic mass is 9.90. The minimum atomic E-state index is -1.83. The molecule has 0 saturated heterocycles. The van der Waals surface area contributed by atoms with E-state index in [9.17, 15) is 20.4 Å². The predicted molar refractivity (Wildman–Crippen MR) is 65.6 cm³/mol. The van der Waals surface area contributed by atoms with Gasteiger partial charge in [-0.05, 0) is 0 Å². The largest absolute Gasteiger partial charge is 0.394 e. The summed E-state index contributed by atoms with van der Waals surface area (Å²) in [4.78, 5) is 6.98. The second-order valence-corrected chi connectivity index (χ2v) is 4.10. The van der Waals surface area contributed by atoms with Crippen LogP contribution in [0.4, 0.5) is 0 Å². The Morgan fingerprint density at radius 1 is 1.05 bits per heavy atom. The summed E-state index contributed by atoms with van der Waals surface area (Å²) in [6.45, 7) is -0.798. The molecule has 4 unspecified atom stereocenters. The van der Waals surface area contributed by atoms with Gasteiger partial charge in [0, 0.05) is 0 Å². The molecule has 108 valence electrons. The van der Waals surface area contributed by atoms with E-state index in [1.165, 1.54) is 0 Å². The molecule has 0 amide bonds. The van der Waals surface area contributed by atoms with Crippen molar-refractivity contribution in [1.29, 1.82) is 5.41 Å². The molecule has 0 saturated carbocycles. The van der Waals surface area contributed by atoms with Crippen molar-refractivity contribution in [3.8, 4) is 0 Å². The molecule has 1 aliphatic rings. The van der Waals surface area contributed by atoms with Crippen molar-refractivity contribution < 1.29 is 25.5 Å². The van der Waals surface area contributed by atoms with Gasteiger partial charge in [0.25, 0.3) is 0 Å². The van der Waals surface area contributed by atoms with E-state index in [1.54, 1.807) is 0 Å². The summed E-state index contributed by atoms with van der Waals surface area (Å²) < 4.78 is 0. The van der Waals surface area contributed by atoms with Crippen LogP contribution in [0, 0.1) is 11.3 Å². The van der Waals surface area contributed by atoms with Crippen molar-refractivity contribution in [2.45, 2.75) is 24.4 Å². The molecule has 19 heavy (non-hydrogen) atoms. The van der Waals surface area contributed by atoms with Crippen LogP contribution in [0.1, 0.15) is 0 Å². The minimum absolute atomic E-state index is 0.241. The molecule has 1 heterocycles. The van der Waals surface area contributed by atoms with Gasteiger partial charge >= 0.3 is 0 Å². The fourth-order valence-electron chi connectivity index (χ4n) is 1.64. The second kappa shape index (κ2) is 6.04. The number of hydrogen-bond donors (Lipinski definition) is 8. The van der Waals surface area contributed by atoms with Crippen molar-refractivity contribution in [2.24, 2.45) is 27.4 Å². The van der Waals surface area contributed by atoms with Gasteiger partial charge < -0.3 is 37.0 Å². The summed E-state index contributed by atoms with van der Waals surface area (Å²) in [5.74, 6) is -2.11. The Morgan fingerprint density at radius 3 is 1.95 bits per heavy atom. The van der Waals surface area contributed by atoms with Gasteiger partial charge in [0.2, 0.25) is 5.96 Å². The predicted octanol–water partition coefficient (Wildman–Crippen LogP) is -4.30. The van der Waals surface area contributed by atoms with Crippen LogP contribution in [0.2, 0.25) is 0 Å². The highest BCUT2D eigenvalue weighted by Crippen LogP contribution is 2.16. The molecule has 0 fully saturated rings. The molecule has 0 radical (unpaired) electrons. The van der Waals surface area contributed by atoms with Crippen LogP contribution in [0.5, 0.6) is 0 Å². The number of rotatable bonds is 5. The maximum absolute atomic E-state index is 9.89. The van der Waals surface area contributed by atoms with Crippen molar-refractivity contribution in [3.05, 3.63) is 0 Å². The van der Waals surface area contributed by atoms with Crippen LogP contribution in [-0.4, -0.2) is 74.2 Å². The van der Waals surface area contributed by atoms with Gasteiger partial charge in [-0.2, -0.15) is 9.98 Å². The summed E-state index contributed by atoms with van der Waals surface area (Å²) in [5, 5.41) is 54.1. The number of hydrogen-bond acceptors (Lipinski definition) is 8. The first kappa shape index (κ1) is 15.5. The first-order valence-corrected chi connectivity index (χ1v) is 5.39. The number of aliphatic hydroxyl groups is 5. The first-order chi connectivity index (χ1) is 8.79. The average Bonchev–Trinajstić information content (AvgIpc) is 2.34. The summed E-state index contributed by atoms with van der Waals surface area (Å²) in [5.41, 5.74) is 11.0. The molecule has 0 aromatic carbocycles. The fourth-order valence-corrected chi connectivity index (χ4v) is 1.64. The molecule has 0 aromatic rings. The maximum atomic E-state index is 9.89. The molecular formula is C9H17N5O5. The van der Waals surface area contributed by atoms with E-state index in [-0.39, 0.29) is 11.7 Å². The van der Waals surface area contributed by atoms with E-state index in [0.717, 1.165) is 0 Å². The topological polar surface area (TPSA) is 202 Å². The molecule has 10 heteroatoms. The van der Waals surface area contributed by atoms with E-state index in [1.807, 2.05) is 0 Å². The van der Waals surface area contributed by atoms with Crippen LogP contribution >= 0.6 is 0 Å². The molecular weight excluding hydrogens is 258 g/mol.